The summed E-state index contributed by atoms with van der Waals surface area (Å²) in [5.74, 6) is -2.13. The van der Waals surface area contributed by atoms with Crippen LogP contribution in [0.25, 0.3) is 0 Å². The molecule has 0 aromatic carbocycles. The molecule has 0 saturated heterocycles. The molecule has 11 heavy (non-hydrogen) atoms. The SMILES string of the molecule is CCNCC1CC(F)(F)C1.Cl. The van der Waals surface area contributed by atoms with E-state index in [1.54, 1.807) is 0 Å². The van der Waals surface area contributed by atoms with E-state index < -0.39 is 5.92 Å². The normalized spacial score (nSPS) is 22.1. The van der Waals surface area contributed by atoms with Crippen LogP contribution in [-0.2, 0) is 0 Å². The van der Waals surface area contributed by atoms with E-state index in [9.17, 15) is 8.78 Å². The van der Waals surface area contributed by atoms with Crippen LogP contribution in [0.15, 0.2) is 0 Å². The highest BCUT2D eigenvalue weighted by Crippen LogP contribution is 2.41. The Balaban J connectivity index is 0.000001000. The van der Waals surface area contributed by atoms with Gasteiger partial charge in [-0.25, -0.2) is 8.78 Å². The molecule has 1 saturated carbocycles. The zero-order valence-corrected chi connectivity index (χ0v) is 7.39. The standard InChI is InChI=1S/C7H13F2N.ClH/c1-2-10-5-6-3-7(8,9)4-6;/h6,10H,2-5H2,1H3;1H. The third kappa shape index (κ3) is 3.34. The summed E-state index contributed by atoms with van der Waals surface area (Å²) in [6.07, 6.45) is 0.167. The molecule has 1 fully saturated rings. The molecule has 0 bridgehead atoms. The van der Waals surface area contributed by atoms with E-state index >= 15 is 0 Å². The third-order valence-electron chi connectivity index (χ3n) is 1.86. The molecule has 1 aliphatic rings. The van der Waals surface area contributed by atoms with Crippen LogP contribution in [0, 0.1) is 5.92 Å². The monoisotopic (exact) mass is 185 g/mol. The highest BCUT2D eigenvalue weighted by atomic mass is 35.5. The predicted octanol–water partition coefficient (Wildman–Crippen LogP) is 2.06. The van der Waals surface area contributed by atoms with Crippen molar-refractivity contribution in [2.24, 2.45) is 5.92 Å². The van der Waals surface area contributed by atoms with Crippen LogP contribution < -0.4 is 5.32 Å². The van der Waals surface area contributed by atoms with Crippen LogP contribution in [0.1, 0.15) is 19.8 Å². The first-order chi connectivity index (χ1) is 4.64. The number of hydrogen-bond acceptors (Lipinski definition) is 1. The van der Waals surface area contributed by atoms with Crippen LogP contribution in [0.2, 0.25) is 0 Å². The number of halogens is 3. The Morgan fingerprint density at radius 3 is 2.36 bits per heavy atom. The molecule has 0 aromatic heterocycles. The lowest BCUT2D eigenvalue weighted by Crippen LogP contribution is -2.40. The second-order valence-electron chi connectivity index (χ2n) is 2.94. The van der Waals surface area contributed by atoms with Crippen LogP contribution >= 0.6 is 12.4 Å². The van der Waals surface area contributed by atoms with Crippen molar-refractivity contribution in [3.05, 3.63) is 0 Å². The minimum atomic E-state index is -2.35. The van der Waals surface area contributed by atoms with Gasteiger partial charge in [0, 0.05) is 12.8 Å². The first-order valence-electron chi connectivity index (χ1n) is 3.72. The van der Waals surface area contributed by atoms with Crippen molar-refractivity contribution in [1.29, 1.82) is 0 Å². The lowest BCUT2D eigenvalue weighted by Gasteiger charge is -2.34. The topological polar surface area (TPSA) is 12.0 Å². The van der Waals surface area contributed by atoms with Crippen molar-refractivity contribution in [3.63, 3.8) is 0 Å². The molecule has 0 amide bonds. The number of hydrogen-bond donors (Lipinski definition) is 1. The Morgan fingerprint density at radius 1 is 1.45 bits per heavy atom. The average molecular weight is 186 g/mol. The first kappa shape index (κ1) is 11.1. The molecule has 0 aliphatic heterocycles. The predicted molar refractivity (Wildman–Crippen MR) is 43.5 cm³/mol. The lowest BCUT2D eigenvalue weighted by atomic mass is 9.81. The van der Waals surface area contributed by atoms with E-state index in [1.807, 2.05) is 6.92 Å². The maximum absolute atomic E-state index is 12.2. The summed E-state index contributed by atoms with van der Waals surface area (Å²) in [4.78, 5) is 0. The number of alkyl halides is 2. The van der Waals surface area contributed by atoms with Gasteiger partial charge in [-0.05, 0) is 19.0 Å². The summed E-state index contributed by atoms with van der Waals surface area (Å²) in [6.45, 7) is 3.62. The van der Waals surface area contributed by atoms with Gasteiger partial charge in [-0.2, -0.15) is 0 Å². The second kappa shape index (κ2) is 4.21. The van der Waals surface area contributed by atoms with E-state index in [0.717, 1.165) is 13.1 Å². The zero-order chi connectivity index (χ0) is 7.61. The van der Waals surface area contributed by atoms with Crippen molar-refractivity contribution in [2.45, 2.75) is 25.7 Å². The van der Waals surface area contributed by atoms with Gasteiger partial charge >= 0.3 is 0 Å². The maximum Gasteiger partial charge on any atom is 0.248 e. The van der Waals surface area contributed by atoms with Gasteiger partial charge in [-0.15, -0.1) is 12.4 Å². The quantitative estimate of drug-likeness (QED) is 0.710. The van der Waals surface area contributed by atoms with Crippen LogP contribution in [0.4, 0.5) is 8.78 Å². The fourth-order valence-corrected chi connectivity index (χ4v) is 1.28. The summed E-state index contributed by atoms with van der Waals surface area (Å²) in [6, 6.07) is 0. The highest BCUT2D eigenvalue weighted by molar-refractivity contribution is 5.85. The Labute approximate surface area is 72.0 Å². The summed E-state index contributed by atoms with van der Waals surface area (Å²) in [5, 5.41) is 3.05. The minimum absolute atomic E-state index is 0. The molecular weight excluding hydrogens is 172 g/mol. The van der Waals surface area contributed by atoms with Crippen molar-refractivity contribution < 1.29 is 8.78 Å². The largest absolute Gasteiger partial charge is 0.317 e. The average Bonchev–Trinajstić information content (AvgIpc) is 1.78. The van der Waals surface area contributed by atoms with Gasteiger partial charge in [-0.1, -0.05) is 6.92 Å². The summed E-state index contributed by atoms with van der Waals surface area (Å²) >= 11 is 0. The van der Waals surface area contributed by atoms with Gasteiger partial charge < -0.3 is 5.32 Å². The molecule has 1 N–H and O–H groups in total. The van der Waals surface area contributed by atoms with Crippen molar-refractivity contribution >= 4 is 12.4 Å². The Bertz CT molecular complexity index is 111. The Morgan fingerprint density at radius 2 is 2.00 bits per heavy atom. The molecule has 1 rings (SSSR count). The fourth-order valence-electron chi connectivity index (χ4n) is 1.28. The lowest BCUT2D eigenvalue weighted by molar-refractivity contribution is -0.109. The number of rotatable bonds is 3. The molecule has 1 nitrogen and oxygen atoms in total. The molecule has 0 heterocycles. The highest BCUT2D eigenvalue weighted by Gasteiger charge is 2.44. The van der Waals surface area contributed by atoms with Crippen molar-refractivity contribution in [1.82, 2.24) is 5.32 Å². The summed E-state index contributed by atoms with van der Waals surface area (Å²) in [5.41, 5.74) is 0. The van der Waals surface area contributed by atoms with Gasteiger partial charge in [0.1, 0.15) is 0 Å². The van der Waals surface area contributed by atoms with Gasteiger partial charge in [0.05, 0.1) is 0 Å². The number of nitrogens with one attached hydrogen (secondary N) is 1. The maximum atomic E-state index is 12.2. The third-order valence-corrected chi connectivity index (χ3v) is 1.86. The van der Waals surface area contributed by atoms with Crippen LogP contribution in [0.3, 0.4) is 0 Å². The smallest absolute Gasteiger partial charge is 0.248 e. The molecule has 0 spiro atoms. The molecule has 0 unspecified atom stereocenters. The van der Waals surface area contributed by atoms with Gasteiger partial charge in [0.25, 0.3) is 0 Å². The first-order valence-corrected chi connectivity index (χ1v) is 3.72. The van der Waals surface area contributed by atoms with Gasteiger partial charge in [-0.3, -0.25) is 0 Å². The fraction of sp³-hybridized carbons (Fsp3) is 1.00. The zero-order valence-electron chi connectivity index (χ0n) is 6.57. The molecule has 68 valence electrons. The van der Waals surface area contributed by atoms with E-state index in [4.69, 9.17) is 0 Å². The van der Waals surface area contributed by atoms with E-state index in [1.165, 1.54) is 0 Å². The molecular formula is C7H14ClF2N. The van der Waals surface area contributed by atoms with E-state index in [-0.39, 0.29) is 31.2 Å². The molecule has 0 aromatic rings. The summed E-state index contributed by atoms with van der Waals surface area (Å²) in [7, 11) is 0. The van der Waals surface area contributed by atoms with E-state index in [0.29, 0.717) is 0 Å². The molecule has 0 radical (unpaired) electrons. The Hall–Kier alpha value is 0.110. The van der Waals surface area contributed by atoms with Crippen LogP contribution in [0.5, 0.6) is 0 Å². The summed E-state index contributed by atoms with van der Waals surface area (Å²) < 4.78 is 24.4. The second-order valence-corrected chi connectivity index (χ2v) is 2.94. The molecule has 0 atom stereocenters. The van der Waals surface area contributed by atoms with Crippen molar-refractivity contribution in [2.75, 3.05) is 13.1 Å². The molecule has 1 aliphatic carbocycles. The van der Waals surface area contributed by atoms with Gasteiger partial charge in [0.15, 0.2) is 0 Å². The Kier molecular flexibility index (Phi) is 4.26. The van der Waals surface area contributed by atoms with Crippen molar-refractivity contribution in [3.8, 4) is 0 Å². The minimum Gasteiger partial charge on any atom is -0.317 e. The molecule has 4 heteroatoms. The van der Waals surface area contributed by atoms with Gasteiger partial charge in [0.2, 0.25) is 5.92 Å². The van der Waals surface area contributed by atoms with Crippen LogP contribution in [-0.4, -0.2) is 19.0 Å². The van der Waals surface area contributed by atoms with E-state index in [2.05, 4.69) is 5.32 Å².